The minimum atomic E-state index is -0.178. The van der Waals surface area contributed by atoms with E-state index < -0.39 is 0 Å². The van der Waals surface area contributed by atoms with Gasteiger partial charge in [-0.25, -0.2) is 0 Å². The van der Waals surface area contributed by atoms with Gasteiger partial charge in [0.05, 0.1) is 5.75 Å². The Morgan fingerprint density at radius 1 is 1.29 bits per heavy atom. The van der Waals surface area contributed by atoms with Crippen LogP contribution in [0.1, 0.15) is 17.0 Å². The number of ether oxygens (including phenoxy) is 1. The van der Waals surface area contributed by atoms with Gasteiger partial charge in [0.1, 0.15) is 17.9 Å². The predicted octanol–water partition coefficient (Wildman–Crippen LogP) is 3.24. The molecule has 0 aliphatic carbocycles. The summed E-state index contributed by atoms with van der Waals surface area (Å²) in [4.78, 5) is 12.0. The Balaban J connectivity index is 1.63. The van der Waals surface area contributed by atoms with E-state index in [-0.39, 0.29) is 18.3 Å². The second-order valence-corrected chi connectivity index (χ2v) is 7.77. The molecule has 10 heteroatoms. The number of hydrogen-bond donors (Lipinski definition) is 1. The van der Waals surface area contributed by atoms with Crippen molar-refractivity contribution in [2.24, 2.45) is 0 Å². The Morgan fingerprint density at radius 3 is 2.75 bits per heavy atom. The van der Waals surface area contributed by atoms with Crippen LogP contribution in [-0.4, -0.2) is 36.6 Å². The van der Waals surface area contributed by atoms with Crippen LogP contribution in [0.4, 0.5) is 5.13 Å². The highest BCUT2D eigenvalue weighted by Gasteiger charge is 2.15. The van der Waals surface area contributed by atoms with Gasteiger partial charge in [0.25, 0.3) is 0 Å². The summed E-state index contributed by atoms with van der Waals surface area (Å²) >= 11 is 2.56. The third kappa shape index (κ3) is 5.40. The number of nitrogens with zero attached hydrogens (tertiary/aromatic N) is 5. The van der Waals surface area contributed by atoms with Crippen LogP contribution in [-0.2, 0) is 17.9 Å². The lowest BCUT2D eigenvalue weighted by molar-refractivity contribution is -0.113. The van der Waals surface area contributed by atoms with Crippen molar-refractivity contribution in [2.75, 3.05) is 11.1 Å². The molecule has 0 bridgehead atoms. The number of carbonyl (C=O) groups is 1. The number of nitrogens with one attached hydrogen (secondary N) is 1. The molecule has 0 spiro atoms. The number of anilines is 1. The van der Waals surface area contributed by atoms with Gasteiger partial charge in [-0.1, -0.05) is 35.2 Å². The zero-order valence-electron chi connectivity index (χ0n) is 15.6. The standard InChI is InChI=1S/C18H20N6O2S2/c1-4-5-24-15(9-26-14-7-12(2)6-13(3)8-14)21-23-18(24)27-10-16(25)20-17-22-19-11-28-17/h4,6-8,11H,1,5,9-10H2,2-3H3,(H,20,22,25). The maximum absolute atomic E-state index is 12.0. The average molecular weight is 417 g/mol. The number of hydrogen-bond acceptors (Lipinski definition) is 8. The summed E-state index contributed by atoms with van der Waals surface area (Å²) in [7, 11) is 0. The van der Waals surface area contributed by atoms with E-state index in [1.807, 2.05) is 30.5 Å². The second-order valence-electron chi connectivity index (χ2n) is 5.99. The highest BCUT2D eigenvalue weighted by atomic mass is 32.2. The van der Waals surface area contributed by atoms with Crippen molar-refractivity contribution < 1.29 is 9.53 Å². The molecule has 1 amide bonds. The van der Waals surface area contributed by atoms with Crippen LogP contribution in [0.3, 0.4) is 0 Å². The van der Waals surface area contributed by atoms with E-state index in [4.69, 9.17) is 4.74 Å². The van der Waals surface area contributed by atoms with Gasteiger partial charge >= 0.3 is 0 Å². The second kappa shape index (κ2) is 9.47. The van der Waals surface area contributed by atoms with Crippen molar-refractivity contribution in [1.29, 1.82) is 0 Å². The molecule has 0 radical (unpaired) electrons. The lowest BCUT2D eigenvalue weighted by Gasteiger charge is -2.10. The number of benzene rings is 1. The van der Waals surface area contributed by atoms with Gasteiger partial charge in [-0.05, 0) is 37.1 Å². The highest BCUT2D eigenvalue weighted by molar-refractivity contribution is 7.99. The SMILES string of the molecule is C=CCn1c(COc2cc(C)cc(C)c2)nnc1SCC(=O)Nc1nncs1. The fraction of sp³-hybridized carbons (Fsp3) is 0.278. The van der Waals surface area contributed by atoms with E-state index in [2.05, 4.69) is 38.4 Å². The summed E-state index contributed by atoms with van der Waals surface area (Å²) in [6.07, 6.45) is 1.76. The van der Waals surface area contributed by atoms with Gasteiger partial charge in [-0.15, -0.1) is 27.0 Å². The van der Waals surface area contributed by atoms with E-state index in [1.165, 1.54) is 23.1 Å². The number of carbonyl (C=O) groups excluding carboxylic acids is 1. The zero-order chi connectivity index (χ0) is 19.9. The van der Waals surface area contributed by atoms with Crippen molar-refractivity contribution in [3.8, 4) is 5.75 Å². The number of aryl methyl sites for hydroxylation is 2. The molecular weight excluding hydrogens is 396 g/mol. The molecule has 0 saturated heterocycles. The summed E-state index contributed by atoms with van der Waals surface area (Å²) < 4.78 is 7.78. The number of allylic oxidation sites excluding steroid dienone is 1. The minimum Gasteiger partial charge on any atom is -0.486 e. The van der Waals surface area contributed by atoms with Crippen LogP contribution >= 0.6 is 23.1 Å². The number of thioether (sulfide) groups is 1. The van der Waals surface area contributed by atoms with E-state index in [1.54, 1.807) is 11.6 Å². The zero-order valence-corrected chi connectivity index (χ0v) is 17.2. The monoisotopic (exact) mass is 416 g/mol. The summed E-state index contributed by atoms with van der Waals surface area (Å²) in [5.74, 6) is 1.47. The molecule has 1 aromatic carbocycles. The molecule has 0 unspecified atom stereocenters. The Morgan fingerprint density at radius 2 is 2.07 bits per heavy atom. The minimum absolute atomic E-state index is 0.178. The number of rotatable bonds is 9. The molecule has 0 atom stereocenters. The normalized spacial score (nSPS) is 10.6. The molecule has 146 valence electrons. The van der Waals surface area contributed by atoms with E-state index >= 15 is 0 Å². The van der Waals surface area contributed by atoms with Crippen molar-refractivity contribution in [2.45, 2.75) is 32.2 Å². The van der Waals surface area contributed by atoms with E-state index in [0.717, 1.165) is 16.9 Å². The van der Waals surface area contributed by atoms with Crippen LogP contribution in [0.15, 0.2) is 41.5 Å². The Hall–Kier alpha value is -2.72. The highest BCUT2D eigenvalue weighted by Crippen LogP contribution is 2.21. The van der Waals surface area contributed by atoms with Gasteiger partial charge in [-0.2, -0.15) is 0 Å². The topological polar surface area (TPSA) is 94.8 Å². The van der Waals surface area contributed by atoms with Crippen LogP contribution in [0, 0.1) is 13.8 Å². The molecule has 3 aromatic rings. The van der Waals surface area contributed by atoms with Gasteiger partial charge in [-0.3, -0.25) is 14.7 Å². The lowest BCUT2D eigenvalue weighted by atomic mass is 10.1. The first kappa shape index (κ1) is 20.0. The molecule has 0 fully saturated rings. The van der Waals surface area contributed by atoms with Crippen molar-refractivity contribution >= 4 is 34.1 Å². The Labute approximate surface area is 171 Å². The molecule has 1 N–H and O–H groups in total. The van der Waals surface area contributed by atoms with Crippen LogP contribution in [0.2, 0.25) is 0 Å². The average Bonchev–Trinajstić information content (AvgIpc) is 3.28. The molecular formula is C18H20N6O2S2. The third-order valence-electron chi connectivity index (χ3n) is 3.61. The Kier molecular flexibility index (Phi) is 6.77. The quantitative estimate of drug-likeness (QED) is 0.423. The van der Waals surface area contributed by atoms with Gasteiger partial charge in [0, 0.05) is 6.54 Å². The maximum Gasteiger partial charge on any atom is 0.236 e. The van der Waals surface area contributed by atoms with Crippen molar-refractivity contribution in [3.63, 3.8) is 0 Å². The summed E-state index contributed by atoms with van der Waals surface area (Å²) in [5.41, 5.74) is 3.84. The van der Waals surface area contributed by atoms with Crippen LogP contribution in [0.25, 0.3) is 0 Å². The molecule has 8 nitrogen and oxygen atoms in total. The van der Waals surface area contributed by atoms with Crippen LogP contribution in [0.5, 0.6) is 5.75 Å². The predicted molar refractivity (Wildman–Crippen MR) is 110 cm³/mol. The van der Waals surface area contributed by atoms with E-state index in [0.29, 0.717) is 22.7 Å². The third-order valence-corrected chi connectivity index (χ3v) is 5.18. The number of amides is 1. The summed E-state index contributed by atoms with van der Waals surface area (Å²) in [6.45, 7) is 8.65. The Bertz CT molecular complexity index is 935. The fourth-order valence-electron chi connectivity index (χ4n) is 2.52. The fourth-order valence-corrected chi connectivity index (χ4v) is 3.75. The van der Waals surface area contributed by atoms with Crippen LogP contribution < -0.4 is 10.1 Å². The van der Waals surface area contributed by atoms with Gasteiger partial charge in [0.2, 0.25) is 11.0 Å². The molecule has 2 aromatic heterocycles. The summed E-state index contributed by atoms with van der Waals surface area (Å²) in [5, 5.41) is 19.7. The first-order valence-electron chi connectivity index (χ1n) is 8.48. The van der Waals surface area contributed by atoms with Crippen molar-refractivity contribution in [1.82, 2.24) is 25.0 Å². The van der Waals surface area contributed by atoms with Crippen molar-refractivity contribution in [3.05, 3.63) is 53.3 Å². The summed E-state index contributed by atoms with van der Waals surface area (Å²) in [6, 6.07) is 6.05. The molecule has 0 aliphatic heterocycles. The molecule has 0 aliphatic rings. The molecule has 0 saturated carbocycles. The first-order chi connectivity index (χ1) is 13.5. The smallest absolute Gasteiger partial charge is 0.236 e. The van der Waals surface area contributed by atoms with E-state index in [9.17, 15) is 4.79 Å². The van der Waals surface area contributed by atoms with Gasteiger partial charge in [0.15, 0.2) is 11.0 Å². The largest absolute Gasteiger partial charge is 0.486 e. The molecule has 3 rings (SSSR count). The molecule has 28 heavy (non-hydrogen) atoms. The lowest BCUT2D eigenvalue weighted by Crippen LogP contribution is -2.15. The maximum atomic E-state index is 12.0. The number of aromatic nitrogens is 5. The van der Waals surface area contributed by atoms with Gasteiger partial charge < -0.3 is 4.74 Å². The molecule has 2 heterocycles. The first-order valence-corrected chi connectivity index (χ1v) is 10.3.